The number of halogens is 2. The summed E-state index contributed by atoms with van der Waals surface area (Å²) in [6.07, 6.45) is 2.22. The molecule has 2 N–H and O–H groups in total. The monoisotopic (exact) mass is 256 g/mol. The molecule has 0 fully saturated rings. The lowest BCUT2D eigenvalue weighted by atomic mass is 10.1. The van der Waals surface area contributed by atoms with Gasteiger partial charge >= 0.3 is 0 Å². The smallest absolute Gasteiger partial charge is 0.159 e. The summed E-state index contributed by atoms with van der Waals surface area (Å²) in [4.78, 5) is 2.15. The molecule has 1 rings (SSSR count). The van der Waals surface area contributed by atoms with Gasteiger partial charge in [0.15, 0.2) is 11.6 Å². The van der Waals surface area contributed by atoms with Crippen LogP contribution in [-0.2, 0) is 0 Å². The van der Waals surface area contributed by atoms with Crippen molar-refractivity contribution in [1.82, 2.24) is 4.90 Å². The Kier molecular flexibility index (Phi) is 5.69. The normalized spacial score (nSPS) is 14.8. The Balaban J connectivity index is 2.64. The van der Waals surface area contributed by atoms with E-state index in [0.29, 0.717) is 18.2 Å². The van der Waals surface area contributed by atoms with E-state index in [1.807, 2.05) is 7.05 Å². The van der Waals surface area contributed by atoms with Gasteiger partial charge in [-0.3, -0.25) is 0 Å². The van der Waals surface area contributed by atoms with Crippen LogP contribution in [-0.4, -0.2) is 24.5 Å². The van der Waals surface area contributed by atoms with E-state index >= 15 is 0 Å². The number of likely N-dealkylation sites (N-methyl/N-ethyl adjacent to an activating group) is 1. The molecule has 0 saturated heterocycles. The van der Waals surface area contributed by atoms with Gasteiger partial charge in [0.2, 0.25) is 0 Å². The number of rotatable bonds is 6. The molecule has 0 aliphatic heterocycles. The first-order chi connectivity index (χ1) is 8.45. The molecular weight excluding hydrogens is 234 g/mol. The SMILES string of the molecule is CCCC(C)N(C)CC(N)c1ccc(F)c(F)c1. The number of hydrogen-bond acceptors (Lipinski definition) is 2. The summed E-state index contributed by atoms with van der Waals surface area (Å²) in [6, 6.07) is 3.98. The van der Waals surface area contributed by atoms with Crippen molar-refractivity contribution in [1.29, 1.82) is 0 Å². The fourth-order valence-electron chi connectivity index (χ4n) is 1.98. The van der Waals surface area contributed by atoms with E-state index in [0.717, 1.165) is 18.9 Å². The van der Waals surface area contributed by atoms with Crippen LogP contribution in [0.1, 0.15) is 38.3 Å². The minimum Gasteiger partial charge on any atom is -0.323 e. The maximum Gasteiger partial charge on any atom is 0.159 e. The number of nitrogens with two attached hydrogens (primary N) is 1. The lowest BCUT2D eigenvalue weighted by Crippen LogP contribution is -2.35. The van der Waals surface area contributed by atoms with Crippen LogP contribution in [0.3, 0.4) is 0 Å². The lowest BCUT2D eigenvalue weighted by molar-refractivity contribution is 0.231. The molecule has 0 saturated carbocycles. The van der Waals surface area contributed by atoms with Crippen molar-refractivity contribution in [3.8, 4) is 0 Å². The summed E-state index contributed by atoms with van der Waals surface area (Å²) in [5.74, 6) is -1.68. The van der Waals surface area contributed by atoms with Gasteiger partial charge in [0.25, 0.3) is 0 Å². The molecule has 0 amide bonds. The highest BCUT2D eigenvalue weighted by Gasteiger charge is 2.15. The summed E-state index contributed by atoms with van der Waals surface area (Å²) >= 11 is 0. The second-order valence-corrected chi connectivity index (χ2v) is 4.86. The van der Waals surface area contributed by atoms with Crippen LogP contribution in [0.25, 0.3) is 0 Å². The molecule has 0 radical (unpaired) electrons. The van der Waals surface area contributed by atoms with Crippen LogP contribution in [0.5, 0.6) is 0 Å². The van der Waals surface area contributed by atoms with Crippen molar-refractivity contribution in [2.45, 2.75) is 38.8 Å². The van der Waals surface area contributed by atoms with Crippen LogP contribution in [0.15, 0.2) is 18.2 Å². The van der Waals surface area contributed by atoms with E-state index in [-0.39, 0.29) is 6.04 Å². The first-order valence-corrected chi connectivity index (χ1v) is 6.36. The molecule has 18 heavy (non-hydrogen) atoms. The zero-order valence-corrected chi connectivity index (χ0v) is 11.3. The molecule has 1 aromatic rings. The van der Waals surface area contributed by atoms with E-state index in [1.165, 1.54) is 6.07 Å². The van der Waals surface area contributed by atoms with Gasteiger partial charge in [-0.1, -0.05) is 19.4 Å². The summed E-state index contributed by atoms with van der Waals surface area (Å²) in [5.41, 5.74) is 6.65. The van der Waals surface area contributed by atoms with Gasteiger partial charge in [0.05, 0.1) is 0 Å². The third-order valence-corrected chi connectivity index (χ3v) is 3.32. The van der Waals surface area contributed by atoms with Gasteiger partial charge < -0.3 is 10.6 Å². The average Bonchev–Trinajstić information content (AvgIpc) is 2.32. The third-order valence-electron chi connectivity index (χ3n) is 3.32. The van der Waals surface area contributed by atoms with Gasteiger partial charge in [-0.05, 0) is 38.1 Å². The summed E-state index contributed by atoms with van der Waals surface area (Å²) in [5, 5.41) is 0. The Morgan fingerprint density at radius 2 is 1.94 bits per heavy atom. The zero-order chi connectivity index (χ0) is 13.7. The predicted octanol–water partition coefficient (Wildman–Crippen LogP) is 3.09. The van der Waals surface area contributed by atoms with Crippen LogP contribution in [0.2, 0.25) is 0 Å². The van der Waals surface area contributed by atoms with Gasteiger partial charge in [-0.2, -0.15) is 0 Å². The Morgan fingerprint density at radius 3 is 2.50 bits per heavy atom. The van der Waals surface area contributed by atoms with Crippen molar-refractivity contribution in [2.24, 2.45) is 5.73 Å². The van der Waals surface area contributed by atoms with Crippen molar-refractivity contribution in [2.75, 3.05) is 13.6 Å². The number of hydrogen-bond donors (Lipinski definition) is 1. The highest BCUT2D eigenvalue weighted by molar-refractivity contribution is 5.21. The first-order valence-electron chi connectivity index (χ1n) is 6.36. The minimum atomic E-state index is -0.841. The average molecular weight is 256 g/mol. The fourth-order valence-corrected chi connectivity index (χ4v) is 1.98. The van der Waals surface area contributed by atoms with Crippen LogP contribution < -0.4 is 5.73 Å². The topological polar surface area (TPSA) is 29.3 Å². The van der Waals surface area contributed by atoms with Crippen LogP contribution in [0, 0.1) is 11.6 Å². The van der Waals surface area contributed by atoms with Gasteiger partial charge in [0.1, 0.15) is 0 Å². The molecular formula is C14H22F2N2. The molecule has 0 aliphatic carbocycles. The lowest BCUT2D eigenvalue weighted by Gasteiger charge is -2.27. The van der Waals surface area contributed by atoms with Crippen molar-refractivity contribution in [3.05, 3.63) is 35.4 Å². The molecule has 0 heterocycles. The second-order valence-electron chi connectivity index (χ2n) is 4.86. The Bertz CT molecular complexity index is 382. The standard InChI is InChI=1S/C14H22F2N2/c1-4-5-10(2)18(3)9-14(17)11-6-7-12(15)13(16)8-11/h6-8,10,14H,4-5,9,17H2,1-3H3. The van der Waals surface area contributed by atoms with Crippen LogP contribution in [0.4, 0.5) is 8.78 Å². The van der Waals surface area contributed by atoms with Gasteiger partial charge in [-0.25, -0.2) is 8.78 Å². The molecule has 0 spiro atoms. The molecule has 102 valence electrons. The molecule has 2 atom stereocenters. The molecule has 0 aromatic heterocycles. The molecule has 1 aromatic carbocycles. The Labute approximate surface area is 108 Å². The Morgan fingerprint density at radius 1 is 1.28 bits per heavy atom. The van der Waals surface area contributed by atoms with E-state index < -0.39 is 11.6 Å². The van der Waals surface area contributed by atoms with Crippen molar-refractivity contribution < 1.29 is 8.78 Å². The van der Waals surface area contributed by atoms with E-state index in [2.05, 4.69) is 18.7 Å². The molecule has 2 unspecified atom stereocenters. The minimum absolute atomic E-state index is 0.301. The van der Waals surface area contributed by atoms with E-state index in [9.17, 15) is 8.78 Å². The molecule has 4 heteroatoms. The molecule has 2 nitrogen and oxygen atoms in total. The van der Waals surface area contributed by atoms with Gasteiger partial charge in [0, 0.05) is 18.6 Å². The quantitative estimate of drug-likeness (QED) is 0.847. The zero-order valence-electron chi connectivity index (χ0n) is 11.3. The van der Waals surface area contributed by atoms with E-state index in [4.69, 9.17) is 5.73 Å². The van der Waals surface area contributed by atoms with E-state index in [1.54, 1.807) is 6.07 Å². The fraction of sp³-hybridized carbons (Fsp3) is 0.571. The second kappa shape index (κ2) is 6.81. The summed E-state index contributed by atoms with van der Waals surface area (Å²) in [7, 11) is 2.00. The number of nitrogens with zero attached hydrogens (tertiary/aromatic N) is 1. The number of benzene rings is 1. The Hall–Kier alpha value is -1.00. The first kappa shape index (κ1) is 15.1. The third kappa shape index (κ3) is 4.03. The van der Waals surface area contributed by atoms with Crippen LogP contribution >= 0.6 is 0 Å². The highest BCUT2D eigenvalue weighted by Crippen LogP contribution is 2.16. The molecule has 0 aliphatic rings. The maximum absolute atomic E-state index is 13.1. The van der Waals surface area contributed by atoms with Gasteiger partial charge in [-0.15, -0.1) is 0 Å². The maximum atomic E-state index is 13.1. The van der Waals surface area contributed by atoms with Crippen molar-refractivity contribution in [3.63, 3.8) is 0 Å². The summed E-state index contributed by atoms with van der Waals surface area (Å²) < 4.78 is 25.9. The molecule has 0 bridgehead atoms. The largest absolute Gasteiger partial charge is 0.323 e. The van der Waals surface area contributed by atoms with Crippen molar-refractivity contribution >= 4 is 0 Å². The predicted molar refractivity (Wildman–Crippen MR) is 70.3 cm³/mol. The highest BCUT2D eigenvalue weighted by atomic mass is 19.2. The summed E-state index contributed by atoms with van der Waals surface area (Å²) in [6.45, 7) is 4.91.